The number of carbonyl (C=O) groups excluding carboxylic acids is 1. The summed E-state index contributed by atoms with van der Waals surface area (Å²) in [5.41, 5.74) is 2.41. The van der Waals surface area contributed by atoms with Crippen molar-refractivity contribution in [3.63, 3.8) is 0 Å². The van der Waals surface area contributed by atoms with E-state index >= 15 is 0 Å². The topological polar surface area (TPSA) is 60.2 Å². The molecule has 4 rings (SSSR count). The van der Waals surface area contributed by atoms with Crippen molar-refractivity contribution in [1.82, 2.24) is 19.4 Å². The number of carbonyl (C=O) groups is 1. The van der Waals surface area contributed by atoms with Crippen LogP contribution in [0.2, 0.25) is 5.02 Å². The summed E-state index contributed by atoms with van der Waals surface area (Å²) in [6.45, 7) is 1.78. The van der Waals surface area contributed by atoms with Crippen molar-refractivity contribution in [2.75, 3.05) is 13.7 Å². The van der Waals surface area contributed by atoms with Crippen LogP contribution in [0.5, 0.6) is 5.75 Å². The number of pyridine rings is 1. The number of ether oxygens (including phenoxy) is 1. The minimum atomic E-state index is -0.127. The zero-order valence-electron chi connectivity index (χ0n) is 17.9. The number of aryl methyl sites for hydroxylation is 1. The van der Waals surface area contributed by atoms with E-state index in [4.69, 9.17) is 21.3 Å². The SMILES string of the molecule is CN(Cc1nc2ccccc2n1CCCCOc1ccccc1Cl)C(=O)c1ccccn1. The molecular weight excluding hydrogens is 424 g/mol. The van der Waals surface area contributed by atoms with Crippen molar-refractivity contribution in [2.24, 2.45) is 0 Å². The van der Waals surface area contributed by atoms with E-state index in [2.05, 4.69) is 15.6 Å². The standard InChI is InChI=1S/C25H25ClN4O2/c1-29(25(31)21-12-6-7-15-27-21)18-24-28-20-11-3-4-13-22(20)30(24)16-8-9-17-32-23-14-5-2-10-19(23)26/h2-7,10-15H,8-9,16-18H2,1H3. The fourth-order valence-corrected chi connectivity index (χ4v) is 3.77. The lowest BCUT2D eigenvalue weighted by Crippen LogP contribution is -2.28. The van der Waals surface area contributed by atoms with E-state index < -0.39 is 0 Å². The van der Waals surface area contributed by atoms with Crippen molar-refractivity contribution in [1.29, 1.82) is 0 Å². The van der Waals surface area contributed by atoms with Crippen LogP contribution in [0.25, 0.3) is 11.0 Å². The van der Waals surface area contributed by atoms with Crippen molar-refractivity contribution < 1.29 is 9.53 Å². The van der Waals surface area contributed by atoms with E-state index in [0.717, 1.165) is 36.2 Å². The summed E-state index contributed by atoms with van der Waals surface area (Å²) in [7, 11) is 1.78. The largest absolute Gasteiger partial charge is 0.492 e. The van der Waals surface area contributed by atoms with E-state index in [1.807, 2.05) is 48.5 Å². The van der Waals surface area contributed by atoms with Gasteiger partial charge in [-0.3, -0.25) is 9.78 Å². The van der Waals surface area contributed by atoms with Gasteiger partial charge in [0.05, 0.1) is 29.2 Å². The second-order valence-electron chi connectivity index (χ2n) is 7.53. The Morgan fingerprint density at radius 3 is 2.62 bits per heavy atom. The molecule has 4 aromatic rings. The zero-order chi connectivity index (χ0) is 22.3. The number of rotatable bonds is 9. The second kappa shape index (κ2) is 10.3. The predicted molar refractivity (Wildman–Crippen MR) is 126 cm³/mol. The average molecular weight is 449 g/mol. The lowest BCUT2D eigenvalue weighted by atomic mass is 10.3. The van der Waals surface area contributed by atoms with Crippen LogP contribution in [-0.4, -0.2) is 39.0 Å². The monoisotopic (exact) mass is 448 g/mol. The Hall–Kier alpha value is -3.38. The van der Waals surface area contributed by atoms with E-state index in [1.54, 1.807) is 30.3 Å². The van der Waals surface area contributed by atoms with Gasteiger partial charge in [0.1, 0.15) is 17.3 Å². The maximum Gasteiger partial charge on any atom is 0.272 e. The number of unbranched alkanes of at least 4 members (excludes halogenated alkanes) is 1. The molecular formula is C25H25ClN4O2. The fraction of sp³-hybridized carbons (Fsp3) is 0.240. The molecule has 0 unspecified atom stereocenters. The summed E-state index contributed by atoms with van der Waals surface area (Å²) in [5, 5.41) is 0.621. The number of hydrogen-bond donors (Lipinski definition) is 0. The predicted octanol–water partition coefficient (Wildman–Crippen LogP) is 5.22. The smallest absolute Gasteiger partial charge is 0.272 e. The molecule has 0 saturated carbocycles. The molecule has 0 aliphatic heterocycles. The van der Waals surface area contributed by atoms with Gasteiger partial charge in [-0.25, -0.2) is 4.98 Å². The van der Waals surface area contributed by atoms with Crippen LogP contribution < -0.4 is 4.74 Å². The Bertz CT molecular complexity index is 1190. The lowest BCUT2D eigenvalue weighted by Gasteiger charge is -2.17. The summed E-state index contributed by atoms with van der Waals surface area (Å²) in [4.78, 5) is 23.3. The third-order valence-electron chi connectivity index (χ3n) is 5.21. The minimum Gasteiger partial charge on any atom is -0.492 e. The Kier molecular flexibility index (Phi) is 7.02. The first-order chi connectivity index (χ1) is 15.6. The third kappa shape index (κ3) is 5.08. The van der Waals surface area contributed by atoms with Gasteiger partial charge in [0.25, 0.3) is 5.91 Å². The Morgan fingerprint density at radius 1 is 1.03 bits per heavy atom. The molecule has 1 amide bonds. The summed E-state index contributed by atoms with van der Waals surface area (Å²) in [5.74, 6) is 1.43. The molecule has 2 aromatic heterocycles. The molecule has 0 radical (unpaired) electrons. The first-order valence-electron chi connectivity index (χ1n) is 10.6. The van der Waals surface area contributed by atoms with Crippen LogP contribution in [-0.2, 0) is 13.1 Å². The van der Waals surface area contributed by atoms with Gasteiger partial charge in [0, 0.05) is 19.8 Å². The number of nitrogens with zero attached hydrogens (tertiary/aromatic N) is 4. The van der Waals surface area contributed by atoms with Gasteiger partial charge in [0.2, 0.25) is 0 Å². The number of benzene rings is 2. The van der Waals surface area contributed by atoms with Crippen LogP contribution in [0.4, 0.5) is 0 Å². The molecule has 0 atom stereocenters. The van der Waals surface area contributed by atoms with Crippen molar-refractivity contribution >= 4 is 28.5 Å². The third-order valence-corrected chi connectivity index (χ3v) is 5.53. The number of imidazole rings is 1. The summed E-state index contributed by atoms with van der Waals surface area (Å²) in [6, 6.07) is 20.9. The number of fused-ring (bicyclic) bond motifs is 1. The van der Waals surface area contributed by atoms with Gasteiger partial charge < -0.3 is 14.2 Å². The highest BCUT2D eigenvalue weighted by Gasteiger charge is 2.17. The Labute approximate surface area is 192 Å². The number of halogens is 1. The van der Waals surface area contributed by atoms with Crippen LogP contribution in [0.15, 0.2) is 72.9 Å². The van der Waals surface area contributed by atoms with E-state index in [1.165, 1.54) is 0 Å². The average Bonchev–Trinajstić information content (AvgIpc) is 3.17. The Balaban J connectivity index is 1.42. The van der Waals surface area contributed by atoms with Crippen LogP contribution in [0.1, 0.15) is 29.2 Å². The van der Waals surface area contributed by atoms with Gasteiger partial charge in [-0.15, -0.1) is 0 Å². The van der Waals surface area contributed by atoms with E-state index in [-0.39, 0.29) is 5.91 Å². The normalized spacial score (nSPS) is 10.9. The molecule has 0 bridgehead atoms. The molecule has 6 nitrogen and oxygen atoms in total. The minimum absolute atomic E-state index is 0.127. The molecule has 2 heterocycles. The first kappa shape index (κ1) is 21.8. The van der Waals surface area contributed by atoms with Gasteiger partial charge >= 0.3 is 0 Å². The molecule has 2 aromatic carbocycles. The number of para-hydroxylation sites is 3. The molecule has 0 fully saturated rings. The Morgan fingerprint density at radius 2 is 1.81 bits per heavy atom. The van der Waals surface area contributed by atoms with Crippen molar-refractivity contribution in [3.05, 3.63) is 89.5 Å². The highest BCUT2D eigenvalue weighted by atomic mass is 35.5. The van der Waals surface area contributed by atoms with E-state index in [0.29, 0.717) is 29.6 Å². The summed E-state index contributed by atoms with van der Waals surface area (Å²) < 4.78 is 7.99. The maximum atomic E-state index is 12.7. The molecule has 32 heavy (non-hydrogen) atoms. The molecule has 0 spiro atoms. The summed E-state index contributed by atoms with van der Waals surface area (Å²) >= 11 is 6.15. The number of hydrogen-bond acceptors (Lipinski definition) is 4. The molecule has 0 aliphatic rings. The van der Waals surface area contributed by atoms with Gasteiger partial charge in [-0.2, -0.15) is 0 Å². The number of amides is 1. The quantitative estimate of drug-likeness (QED) is 0.329. The second-order valence-corrected chi connectivity index (χ2v) is 7.94. The number of aromatic nitrogens is 3. The highest BCUT2D eigenvalue weighted by Crippen LogP contribution is 2.23. The van der Waals surface area contributed by atoms with Gasteiger partial charge in [-0.1, -0.05) is 41.9 Å². The van der Waals surface area contributed by atoms with Gasteiger partial charge in [-0.05, 0) is 49.2 Å². The van der Waals surface area contributed by atoms with Crippen LogP contribution in [0, 0.1) is 0 Å². The highest BCUT2D eigenvalue weighted by molar-refractivity contribution is 6.32. The zero-order valence-corrected chi connectivity index (χ0v) is 18.7. The van der Waals surface area contributed by atoms with Crippen LogP contribution in [0.3, 0.4) is 0 Å². The van der Waals surface area contributed by atoms with Crippen molar-refractivity contribution in [2.45, 2.75) is 25.9 Å². The van der Waals surface area contributed by atoms with E-state index in [9.17, 15) is 4.79 Å². The molecule has 164 valence electrons. The lowest BCUT2D eigenvalue weighted by molar-refractivity contribution is 0.0774. The maximum absolute atomic E-state index is 12.7. The van der Waals surface area contributed by atoms with Gasteiger partial charge in [0.15, 0.2) is 0 Å². The van der Waals surface area contributed by atoms with Crippen LogP contribution >= 0.6 is 11.6 Å². The first-order valence-corrected chi connectivity index (χ1v) is 11.0. The molecule has 7 heteroatoms. The molecule has 0 saturated heterocycles. The summed E-state index contributed by atoms with van der Waals surface area (Å²) in [6.07, 6.45) is 3.41. The fourth-order valence-electron chi connectivity index (χ4n) is 3.58. The molecule has 0 N–H and O–H groups in total. The van der Waals surface area contributed by atoms with Crippen molar-refractivity contribution in [3.8, 4) is 5.75 Å². The molecule has 0 aliphatic carbocycles.